The Kier molecular flexibility index (Phi) is 4.65. The Labute approximate surface area is 129 Å². The second-order valence-electron chi connectivity index (χ2n) is 4.92. The van der Waals surface area contributed by atoms with Crippen LogP contribution in [0.25, 0.3) is 5.69 Å². The van der Waals surface area contributed by atoms with Crippen molar-refractivity contribution in [2.45, 2.75) is 32.2 Å². The third kappa shape index (κ3) is 3.09. The molecule has 0 spiro atoms. The molecule has 1 aromatic carbocycles. The van der Waals surface area contributed by atoms with Crippen LogP contribution in [0.2, 0.25) is 5.02 Å². The molecule has 6 heteroatoms. The molecule has 0 unspecified atom stereocenters. The quantitative estimate of drug-likeness (QED) is 0.892. The van der Waals surface area contributed by atoms with Crippen LogP contribution in [0.1, 0.15) is 26.7 Å². The molecule has 21 heavy (non-hydrogen) atoms. The lowest BCUT2D eigenvalue weighted by molar-refractivity contribution is -0.121. The fourth-order valence-corrected chi connectivity index (χ4v) is 2.36. The van der Waals surface area contributed by atoms with Crippen molar-refractivity contribution in [3.8, 4) is 5.69 Å². The van der Waals surface area contributed by atoms with Crippen LogP contribution in [0.5, 0.6) is 0 Å². The van der Waals surface area contributed by atoms with Gasteiger partial charge < -0.3 is 15.6 Å². The first-order valence-electron chi connectivity index (χ1n) is 6.89. The highest BCUT2D eigenvalue weighted by atomic mass is 35.5. The van der Waals surface area contributed by atoms with Gasteiger partial charge in [-0.1, -0.05) is 31.5 Å². The molecule has 0 bridgehead atoms. The number of hydrogen-bond acceptors (Lipinski definition) is 3. The van der Waals surface area contributed by atoms with E-state index in [1.165, 1.54) is 0 Å². The number of nitrogens with two attached hydrogens (primary N) is 1. The third-order valence-electron chi connectivity index (χ3n) is 3.71. The SMILES string of the molecule is CCC(N)(CC)C(=O)Nc1cccc(Cl)c1-n1ccnc1. The van der Waals surface area contributed by atoms with Crippen LogP contribution >= 0.6 is 11.6 Å². The number of benzene rings is 1. The van der Waals surface area contributed by atoms with Crippen LogP contribution in [0.4, 0.5) is 5.69 Å². The number of halogens is 1. The number of rotatable bonds is 5. The Morgan fingerprint density at radius 1 is 1.43 bits per heavy atom. The molecule has 1 heterocycles. The maximum Gasteiger partial charge on any atom is 0.244 e. The van der Waals surface area contributed by atoms with E-state index in [0.717, 1.165) is 0 Å². The molecule has 0 atom stereocenters. The van der Waals surface area contributed by atoms with E-state index in [9.17, 15) is 4.79 Å². The minimum Gasteiger partial charge on any atom is -0.323 e. The maximum absolute atomic E-state index is 12.4. The minimum absolute atomic E-state index is 0.212. The Morgan fingerprint density at radius 3 is 2.71 bits per heavy atom. The second-order valence-corrected chi connectivity index (χ2v) is 5.33. The Morgan fingerprint density at radius 2 is 2.14 bits per heavy atom. The molecule has 0 saturated heterocycles. The molecule has 2 rings (SSSR count). The lowest BCUT2D eigenvalue weighted by Crippen LogP contribution is -2.50. The number of amides is 1. The van der Waals surface area contributed by atoms with Crippen LogP contribution in [0, 0.1) is 0 Å². The predicted octanol–water partition coefficient (Wildman–Crippen LogP) is 2.98. The highest BCUT2D eigenvalue weighted by Gasteiger charge is 2.30. The molecule has 0 radical (unpaired) electrons. The summed E-state index contributed by atoms with van der Waals surface area (Å²) in [6, 6.07) is 5.35. The fraction of sp³-hybridized carbons (Fsp3) is 0.333. The monoisotopic (exact) mass is 306 g/mol. The lowest BCUT2D eigenvalue weighted by Gasteiger charge is -2.26. The molecule has 0 aliphatic carbocycles. The number of nitrogens with zero attached hydrogens (tertiary/aromatic N) is 2. The number of carbonyl (C=O) groups is 1. The number of aromatic nitrogens is 2. The molecule has 1 amide bonds. The number of anilines is 1. The van der Waals surface area contributed by atoms with Crippen molar-refractivity contribution in [2.24, 2.45) is 5.73 Å². The van der Waals surface area contributed by atoms with E-state index in [0.29, 0.717) is 29.2 Å². The van der Waals surface area contributed by atoms with Gasteiger partial charge in [0.25, 0.3) is 0 Å². The third-order valence-corrected chi connectivity index (χ3v) is 4.02. The number of hydrogen-bond donors (Lipinski definition) is 2. The van der Waals surface area contributed by atoms with Gasteiger partial charge in [-0.15, -0.1) is 0 Å². The van der Waals surface area contributed by atoms with E-state index < -0.39 is 5.54 Å². The first-order valence-corrected chi connectivity index (χ1v) is 7.26. The van der Waals surface area contributed by atoms with Gasteiger partial charge in [0.2, 0.25) is 5.91 Å². The number of carbonyl (C=O) groups excluding carboxylic acids is 1. The molecular weight excluding hydrogens is 288 g/mol. The normalized spacial score (nSPS) is 11.4. The standard InChI is InChI=1S/C15H19ClN4O/c1-3-15(17,4-2)14(21)19-12-7-5-6-11(16)13(12)20-9-8-18-10-20/h5-10H,3-4,17H2,1-2H3,(H,19,21). The van der Waals surface area contributed by atoms with Gasteiger partial charge in [-0.2, -0.15) is 0 Å². The molecule has 0 saturated carbocycles. The van der Waals surface area contributed by atoms with Crippen molar-refractivity contribution >= 4 is 23.2 Å². The summed E-state index contributed by atoms with van der Waals surface area (Å²) < 4.78 is 1.76. The smallest absolute Gasteiger partial charge is 0.244 e. The molecular formula is C15H19ClN4O. The van der Waals surface area contributed by atoms with Crippen molar-refractivity contribution in [1.29, 1.82) is 0 Å². The van der Waals surface area contributed by atoms with Gasteiger partial charge in [-0.05, 0) is 25.0 Å². The Hall–Kier alpha value is -1.85. The summed E-state index contributed by atoms with van der Waals surface area (Å²) in [4.78, 5) is 16.4. The van der Waals surface area contributed by atoms with Crippen molar-refractivity contribution in [2.75, 3.05) is 5.32 Å². The highest BCUT2D eigenvalue weighted by molar-refractivity contribution is 6.33. The summed E-state index contributed by atoms with van der Waals surface area (Å²) in [7, 11) is 0. The van der Waals surface area contributed by atoms with Crippen LogP contribution in [-0.2, 0) is 4.79 Å². The largest absolute Gasteiger partial charge is 0.323 e. The van der Waals surface area contributed by atoms with E-state index in [1.54, 1.807) is 41.5 Å². The number of para-hydroxylation sites is 1. The summed E-state index contributed by atoms with van der Waals surface area (Å²) in [6.45, 7) is 3.80. The summed E-state index contributed by atoms with van der Waals surface area (Å²) in [5, 5.41) is 3.41. The van der Waals surface area contributed by atoms with E-state index in [4.69, 9.17) is 17.3 Å². The van der Waals surface area contributed by atoms with Gasteiger partial charge in [0.15, 0.2) is 0 Å². The van der Waals surface area contributed by atoms with Crippen LogP contribution in [-0.4, -0.2) is 21.0 Å². The molecule has 0 aliphatic rings. The Balaban J connectivity index is 2.38. The summed E-state index contributed by atoms with van der Waals surface area (Å²) in [5.74, 6) is -0.212. The first-order chi connectivity index (χ1) is 10.0. The van der Waals surface area contributed by atoms with E-state index in [1.807, 2.05) is 13.8 Å². The molecule has 3 N–H and O–H groups in total. The van der Waals surface area contributed by atoms with Crippen molar-refractivity contribution in [3.63, 3.8) is 0 Å². The number of imidazole rings is 1. The van der Waals surface area contributed by atoms with Crippen molar-refractivity contribution < 1.29 is 4.79 Å². The minimum atomic E-state index is -0.880. The zero-order chi connectivity index (χ0) is 15.5. The second kappa shape index (κ2) is 6.28. The summed E-state index contributed by atoms with van der Waals surface area (Å²) in [5.41, 5.74) is 6.54. The average Bonchev–Trinajstić information content (AvgIpc) is 3.00. The van der Waals surface area contributed by atoms with Crippen molar-refractivity contribution in [3.05, 3.63) is 41.9 Å². The first kappa shape index (κ1) is 15.5. The van der Waals surface area contributed by atoms with Crippen LogP contribution < -0.4 is 11.1 Å². The average molecular weight is 307 g/mol. The topological polar surface area (TPSA) is 72.9 Å². The van der Waals surface area contributed by atoms with Crippen LogP contribution in [0.3, 0.4) is 0 Å². The Bertz CT molecular complexity index is 621. The fourth-order valence-electron chi connectivity index (χ4n) is 2.09. The van der Waals surface area contributed by atoms with Gasteiger partial charge in [0.05, 0.1) is 28.3 Å². The van der Waals surface area contributed by atoms with Gasteiger partial charge >= 0.3 is 0 Å². The molecule has 0 aliphatic heterocycles. The van der Waals surface area contributed by atoms with Crippen LogP contribution in [0.15, 0.2) is 36.9 Å². The molecule has 1 aromatic heterocycles. The van der Waals surface area contributed by atoms with E-state index in [2.05, 4.69) is 10.3 Å². The molecule has 112 valence electrons. The van der Waals surface area contributed by atoms with Gasteiger partial charge in [0, 0.05) is 12.4 Å². The zero-order valence-corrected chi connectivity index (χ0v) is 12.9. The van der Waals surface area contributed by atoms with Gasteiger partial charge in [-0.25, -0.2) is 4.98 Å². The lowest BCUT2D eigenvalue weighted by atomic mass is 9.93. The van der Waals surface area contributed by atoms with Gasteiger partial charge in [-0.3, -0.25) is 4.79 Å². The van der Waals surface area contributed by atoms with Gasteiger partial charge in [0.1, 0.15) is 0 Å². The molecule has 2 aromatic rings. The predicted molar refractivity (Wildman–Crippen MR) is 84.7 cm³/mol. The molecule has 0 fully saturated rings. The van der Waals surface area contributed by atoms with E-state index in [-0.39, 0.29) is 5.91 Å². The maximum atomic E-state index is 12.4. The highest BCUT2D eigenvalue weighted by Crippen LogP contribution is 2.29. The zero-order valence-electron chi connectivity index (χ0n) is 12.1. The number of nitrogens with one attached hydrogen (secondary N) is 1. The summed E-state index contributed by atoms with van der Waals surface area (Å²) >= 11 is 6.26. The van der Waals surface area contributed by atoms with Crippen molar-refractivity contribution in [1.82, 2.24) is 9.55 Å². The van der Waals surface area contributed by atoms with E-state index >= 15 is 0 Å². The molecule has 5 nitrogen and oxygen atoms in total. The summed E-state index contributed by atoms with van der Waals surface area (Å²) in [6.07, 6.45) is 6.19.